The summed E-state index contributed by atoms with van der Waals surface area (Å²) in [6, 6.07) is 4.10. The van der Waals surface area contributed by atoms with Crippen molar-refractivity contribution in [3.05, 3.63) is 34.9 Å². The number of carbonyl (C=O) groups excluding carboxylic acids is 1. The van der Waals surface area contributed by atoms with Crippen molar-refractivity contribution in [2.24, 2.45) is 5.10 Å². The van der Waals surface area contributed by atoms with Crippen molar-refractivity contribution >= 4 is 11.6 Å². The van der Waals surface area contributed by atoms with Crippen LogP contribution in [0.5, 0.6) is 0 Å². The minimum Gasteiger partial charge on any atom is -0.273 e. The Labute approximate surface area is 115 Å². The van der Waals surface area contributed by atoms with Crippen LogP contribution in [0.15, 0.2) is 23.3 Å². The molecule has 1 amide bonds. The van der Waals surface area contributed by atoms with Crippen molar-refractivity contribution in [1.29, 1.82) is 0 Å². The Balaban J connectivity index is 2.23. The molecule has 108 valence electrons. The average Bonchev–Trinajstić information content (AvgIpc) is 2.71. The summed E-state index contributed by atoms with van der Waals surface area (Å²) in [6.07, 6.45) is -3.45. The lowest BCUT2D eigenvalue weighted by atomic mass is 10.0. The first kappa shape index (κ1) is 14.6. The average molecular weight is 284 g/mol. The molecule has 3 nitrogen and oxygen atoms in total. The number of hydrogen-bond acceptors (Lipinski definition) is 2. The zero-order valence-corrected chi connectivity index (χ0v) is 11.3. The van der Waals surface area contributed by atoms with E-state index >= 15 is 0 Å². The molecule has 0 saturated heterocycles. The van der Waals surface area contributed by atoms with Crippen LogP contribution in [0.2, 0.25) is 0 Å². The monoisotopic (exact) mass is 284 g/mol. The maximum Gasteiger partial charge on any atom is 0.416 e. The highest BCUT2D eigenvalue weighted by Gasteiger charge is 2.32. The number of halogens is 3. The number of benzene rings is 1. The van der Waals surface area contributed by atoms with Crippen LogP contribution in [0, 0.1) is 6.92 Å². The SMILES string of the molecule is CCC1=NN(Cc2ccc(C)c(C(F)(F)F)c2)C(=O)C1. The Bertz CT molecular complexity index is 564. The number of alkyl halides is 3. The Kier molecular flexibility index (Phi) is 3.83. The van der Waals surface area contributed by atoms with E-state index in [1.54, 1.807) is 6.07 Å². The Morgan fingerprint density at radius 3 is 2.60 bits per heavy atom. The van der Waals surface area contributed by atoms with E-state index in [0.717, 1.165) is 11.8 Å². The molecule has 0 spiro atoms. The molecule has 0 aromatic heterocycles. The summed E-state index contributed by atoms with van der Waals surface area (Å²) in [4.78, 5) is 11.7. The van der Waals surface area contributed by atoms with E-state index in [1.165, 1.54) is 18.0 Å². The number of hydrogen-bond donors (Lipinski definition) is 0. The number of carbonyl (C=O) groups is 1. The summed E-state index contributed by atoms with van der Waals surface area (Å²) in [5.41, 5.74) is 0.698. The molecule has 1 heterocycles. The second kappa shape index (κ2) is 5.26. The van der Waals surface area contributed by atoms with Gasteiger partial charge in [-0.05, 0) is 30.5 Å². The molecular formula is C14H15F3N2O. The minimum absolute atomic E-state index is 0.0751. The first-order valence-electron chi connectivity index (χ1n) is 6.34. The van der Waals surface area contributed by atoms with Gasteiger partial charge in [-0.15, -0.1) is 0 Å². The molecule has 0 aliphatic carbocycles. The lowest BCUT2D eigenvalue weighted by Crippen LogP contribution is -2.20. The molecule has 0 unspecified atom stereocenters. The van der Waals surface area contributed by atoms with Gasteiger partial charge in [0.25, 0.3) is 0 Å². The van der Waals surface area contributed by atoms with Gasteiger partial charge in [-0.25, -0.2) is 5.01 Å². The fourth-order valence-corrected chi connectivity index (χ4v) is 2.09. The molecule has 0 atom stereocenters. The van der Waals surface area contributed by atoms with Crippen molar-refractivity contribution in [1.82, 2.24) is 5.01 Å². The molecule has 2 rings (SSSR count). The lowest BCUT2D eigenvalue weighted by molar-refractivity contribution is -0.138. The number of hydrazone groups is 1. The van der Waals surface area contributed by atoms with Gasteiger partial charge in [0.15, 0.2) is 0 Å². The summed E-state index contributed by atoms with van der Waals surface area (Å²) in [6.45, 7) is 3.38. The van der Waals surface area contributed by atoms with Crippen LogP contribution in [-0.2, 0) is 17.5 Å². The van der Waals surface area contributed by atoms with Crippen LogP contribution >= 0.6 is 0 Å². The summed E-state index contributed by atoms with van der Waals surface area (Å²) in [5, 5.41) is 5.36. The number of rotatable bonds is 3. The van der Waals surface area contributed by atoms with Crippen LogP contribution in [0.1, 0.15) is 36.5 Å². The summed E-state index contributed by atoms with van der Waals surface area (Å²) < 4.78 is 38.5. The van der Waals surface area contributed by atoms with Crippen molar-refractivity contribution in [3.63, 3.8) is 0 Å². The van der Waals surface area contributed by atoms with Crippen LogP contribution < -0.4 is 0 Å². The highest BCUT2D eigenvalue weighted by atomic mass is 19.4. The standard InChI is InChI=1S/C14H15F3N2O/c1-3-11-7-13(20)19(18-11)8-10-5-4-9(2)12(6-10)14(15,16)17/h4-6H,3,7-8H2,1-2H3. The van der Waals surface area contributed by atoms with E-state index in [2.05, 4.69) is 5.10 Å². The fraction of sp³-hybridized carbons (Fsp3) is 0.429. The summed E-state index contributed by atoms with van der Waals surface area (Å²) in [5.74, 6) is -0.170. The predicted octanol–water partition coefficient (Wildman–Crippen LogP) is 3.51. The molecule has 1 aliphatic rings. The van der Waals surface area contributed by atoms with E-state index < -0.39 is 11.7 Å². The van der Waals surface area contributed by atoms with Gasteiger partial charge in [-0.3, -0.25) is 4.79 Å². The second-order valence-corrected chi connectivity index (χ2v) is 4.79. The van der Waals surface area contributed by atoms with E-state index in [-0.39, 0.29) is 24.4 Å². The molecule has 0 radical (unpaired) electrons. The summed E-state index contributed by atoms with van der Waals surface area (Å²) in [7, 11) is 0. The molecule has 1 aliphatic heterocycles. The largest absolute Gasteiger partial charge is 0.416 e. The Morgan fingerprint density at radius 2 is 2.05 bits per heavy atom. The Morgan fingerprint density at radius 1 is 1.35 bits per heavy atom. The Hall–Kier alpha value is -1.85. The number of nitrogens with zero attached hydrogens (tertiary/aromatic N) is 2. The van der Waals surface area contributed by atoms with Gasteiger partial charge in [0.05, 0.1) is 18.5 Å². The van der Waals surface area contributed by atoms with Gasteiger partial charge >= 0.3 is 6.18 Å². The predicted molar refractivity (Wildman–Crippen MR) is 69.1 cm³/mol. The fourth-order valence-electron chi connectivity index (χ4n) is 2.09. The third-order valence-corrected chi connectivity index (χ3v) is 3.25. The van der Waals surface area contributed by atoms with E-state index in [1.807, 2.05) is 6.92 Å². The number of aryl methyl sites for hydroxylation is 1. The van der Waals surface area contributed by atoms with Gasteiger partial charge < -0.3 is 0 Å². The van der Waals surface area contributed by atoms with Crippen LogP contribution in [0.4, 0.5) is 13.2 Å². The molecule has 1 aromatic rings. The van der Waals surface area contributed by atoms with Crippen molar-refractivity contribution in [3.8, 4) is 0 Å². The van der Waals surface area contributed by atoms with E-state index in [4.69, 9.17) is 0 Å². The number of amides is 1. The molecule has 0 bridgehead atoms. The molecule has 0 saturated carbocycles. The lowest BCUT2D eigenvalue weighted by Gasteiger charge is -2.15. The second-order valence-electron chi connectivity index (χ2n) is 4.79. The van der Waals surface area contributed by atoms with E-state index in [0.29, 0.717) is 12.0 Å². The highest BCUT2D eigenvalue weighted by molar-refractivity contribution is 6.04. The third kappa shape index (κ3) is 3.00. The smallest absolute Gasteiger partial charge is 0.273 e. The van der Waals surface area contributed by atoms with Gasteiger partial charge in [0, 0.05) is 5.71 Å². The topological polar surface area (TPSA) is 32.7 Å². The molecular weight excluding hydrogens is 269 g/mol. The normalized spacial score (nSPS) is 15.8. The first-order chi connectivity index (χ1) is 9.31. The molecule has 1 aromatic carbocycles. The molecule has 0 N–H and O–H groups in total. The quantitative estimate of drug-likeness (QED) is 0.836. The van der Waals surface area contributed by atoms with Crippen molar-refractivity contribution in [2.45, 2.75) is 39.4 Å². The van der Waals surface area contributed by atoms with Crippen molar-refractivity contribution < 1.29 is 18.0 Å². The van der Waals surface area contributed by atoms with Gasteiger partial charge in [0.1, 0.15) is 0 Å². The molecule has 6 heteroatoms. The van der Waals surface area contributed by atoms with Gasteiger partial charge in [-0.1, -0.05) is 19.1 Å². The summed E-state index contributed by atoms with van der Waals surface area (Å²) >= 11 is 0. The zero-order chi connectivity index (χ0) is 14.9. The van der Waals surface area contributed by atoms with Crippen molar-refractivity contribution in [2.75, 3.05) is 0 Å². The zero-order valence-electron chi connectivity index (χ0n) is 11.3. The van der Waals surface area contributed by atoms with Crippen LogP contribution in [0.25, 0.3) is 0 Å². The molecule has 20 heavy (non-hydrogen) atoms. The first-order valence-corrected chi connectivity index (χ1v) is 6.34. The third-order valence-electron chi connectivity index (χ3n) is 3.25. The van der Waals surface area contributed by atoms with Gasteiger partial charge in [0.2, 0.25) is 5.91 Å². The van der Waals surface area contributed by atoms with Crippen LogP contribution in [0.3, 0.4) is 0 Å². The van der Waals surface area contributed by atoms with Gasteiger partial charge in [-0.2, -0.15) is 18.3 Å². The van der Waals surface area contributed by atoms with Crippen LogP contribution in [-0.4, -0.2) is 16.6 Å². The minimum atomic E-state index is -4.38. The maximum atomic E-state index is 12.8. The maximum absolute atomic E-state index is 12.8. The highest BCUT2D eigenvalue weighted by Crippen LogP contribution is 2.32. The molecule has 0 fully saturated rings. The van der Waals surface area contributed by atoms with E-state index in [9.17, 15) is 18.0 Å².